The molecule has 2 aromatic carbocycles. The Morgan fingerprint density at radius 3 is 2.24 bits per heavy atom. The molecule has 1 N–H and O–H groups in total. The number of hydrogen-bond donors (Lipinski definition) is 1. The smallest absolute Gasteiger partial charge is 0.353 e. The molecule has 9 heteroatoms. The first-order valence-electron chi connectivity index (χ1n) is 8.55. The van der Waals surface area contributed by atoms with Crippen molar-refractivity contribution in [1.82, 2.24) is 10.0 Å². The molecule has 0 bridgehead atoms. The number of sulfone groups is 1. The largest absolute Gasteiger partial charge is 0.477 e. The van der Waals surface area contributed by atoms with E-state index in [4.69, 9.17) is 11.6 Å². The van der Waals surface area contributed by atoms with Crippen LogP contribution in [-0.4, -0.2) is 49.4 Å². The predicted molar refractivity (Wildman–Crippen MR) is 108 cm³/mol. The van der Waals surface area contributed by atoms with Gasteiger partial charge < -0.3 is 5.11 Å². The molecule has 1 heterocycles. The third kappa shape index (κ3) is 3.98. The van der Waals surface area contributed by atoms with Crippen molar-refractivity contribution in [2.45, 2.75) is 10.9 Å². The van der Waals surface area contributed by atoms with Gasteiger partial charge in [-0.15, -0.1) is 0 Å². The van der Waals surface area contributed by atoms with Crippen LogP contribution < -0.4 is 0 Å². The van der Waals surface area contributed by atoms with E-state index in [1.807, 2.05) is 6.07 Å². The summed E-state index contributed by atoms with van der Waals surface area (Å²) >= 11 is 5.98. The quantitative estimate of drug-likeness (QED) is 0.726. The highest BCUT2D eigenvalue weighted by atomic mass is 35.5. The zero-order valence-electron chi connectivity index (χ0n) is 15.7. The van der Waals surface area contributed by atoms with Gasteiger partial charge in [-0.3, -0.25) is 5.01 Å². The minimum Gasteiger partial charge on any atom is -0.477 e. The van der Waals surface area contributed by atoms with E-state index in [9.17, 15) is 23.6 Å². The second kappa shape index (κ2) is 7.87. The average molecular weight is 432 g/mol. The van der Waals surface area contributed by atoms with E-state index in [-0.39, 0.29) is 17.1 Å². The average Bonchev–Trinajstić information content (AvgIpc) is 2.95. The van der Waals surface area contributed by atoms with Crippen LogP contribution in [0.15, 0.2) is 59.1 Å². The monoisotopic (exact) mass is 431 g/mol. The first kappa shape index (κ1) is 20.9. The van der Waals surface area contributed by atoms with E-state index >= 15 is 0 Å². The number of benzene rings is 2. The van der Waals surface area contributed by atoms with Crippen molar-refractivity contribution in [2.24, 2.45) is 0 Å². The molecule has 0 aromatic heterocycles. The molecule has 0 radical (unpaired) electrons. The number of rotatable bonds is 5. The van der Waals surface area contributed by atoms with E-state index < -0.39 is 21.8 Å². The molecule has 0 fully saturated rings. The first-order chi connectivity index (χ1) is 13.6. The molecule has 3 rings (SSSR count). The number of halogens is 1. The Kier molecular flexibility index (Phi) is 5.66. The molecule has 1 aliphatic rings. The summed E-state index contributed by atoms with van der Waals surface area (Å²) in [6.45, 7) is -0.146. The van der Waals surface area contributed by atoms with Crippen LogP contribution in [-0.2, 0) is 14.6 Å². The molecule has 0 saturated carbocycles. The van der Waals surface area contributed by atoms with Crippen molar-refractivity contribution in [2.75, 3.05) is 19.8 Å². The predicted octanol–water partition coefficient (Wildman–Crippen LogP) is 2.97. The van der Waals surface area contributed by atoms with Gasteiger partial charge in [0.1, 0.15) is 12.2 Å². The molecule has 0 amide bonds. The van der Waals surface area contributed by atoms with Crippen LogP contribution >= 0.6 is 11.6 Å². The lowest BCUT2D eigenvalue weighted by atomic mass is 9.92. The van der Waals surface area contributed by atoms with E-state index in [1.54, 1.807) is 48.5 Å². The summed E-state index contributed by atoms with van der Waals surface area (Å²) in [5.41, 5.74) is 1.84. The highest BCUT2D eigenvalue weighted by Gasteiger charge is 2.41. The topological polar surface area (TPSA) is 102 Å². The fourth-order valence-electron chi connectivity index (χ4n) is 3.44. The molecule has 1 aliphatic heterocycles. The van der Waals surface area contributed by atoms with Gasteiger partial charge in [0.2, 0.25) is 0 Å². The summed E-state index contributed by atoms with van der Waals surface area (Å²) < 4.78 is 23.5. The van der Waals surface area contributed by atoms with Crippen molar-refractivity contribution < 1.29 is 18.3 Å². The summed E-state index contributed by atoms with van der Waals surface area (Å²) in [5.74, 6) is -1.16. The van der Waals surface area contributed by atoms with Gasteiger partial charge in [0.15, 0.2) is 9.84 Å². The molecule has 0 saturated heterocycles. The van der Waals surface area contributed by atoms with Crippen LogP contribution in [0, 0.1) is 11.3 Å². The van der Waals surface area contributed by atoms with E-state index in [0.29, 0.717) is 21.7 Å². The fraction of sp³-hybridized carbons (Fsp3) is 0.200. The van der Waals surface area contributed by atoms with Gasteiger partial charge in [-0.1, -0.05) is 35.9 Å². The van der Waals surface area contributed by atoms with Crippen LogP contribution in [0.3, 0.4) is 0 Å². The number of hydrogen-bond acceptors (Lipinski definition) is 6. The number of carbonyl (C=O) groups is 1. The molecule has 0 aliphatic carbocycles. The highest BCUT2D eigenvalue weighted by molar-refractivity contribution is 7.90. The van der Waals surface area contributed by atoms with Crippen molar-refractivity contribution in [3.63, 3.8) is 0 Å². The standard InChI is InChI=1S/C20H18ClN3O4S/c1-23-18(14-5-9-16(10-6-14)29(2,27)28)17(13-3-7-15(21)8-4-13)19(20(25)26)24(23)12-11-22/h3-10,18H,12H2,1-2H3,(H,25,26). The Balaban J connectivity index is 2.21. The van der Waals surface area contributed by atoms with Gasteiger partial charge >= 0.3 is 5.97 Å². The molecule has 150 valence electrons. The second-order valence-corrected chi connectivity index (χ2v) is 9.06. The van der Waals surface area contributed by atoms with Crippen LogP contribution in [0.1, 0.15) is 17.2 Å². The fourth-order valence-corrected chi connectivity index (χ4v) is 4.20. The summed E-state index contributed by atoms with van der Waals surface area (Å²) in [6.07, 6.45) is 1.12. The Morgan fingerprint density at radius 2 is 1.76 bits per heavy atom. The summed E-state index contributed by atoms with van der Waals surface area (Å²) in [7, 11) is -1.67. The Bertz CT molecular complexity index is 1120. The molecule has 7 nitrogen and oxygen atoms in total. The Morgan fingerprint density at radius 1 is 1.17 bits per heavy atom. The van der Waals surface area contributed by atoms with Crippen LogP contribution in [0.25, 0.3) is 5.57 Å². The number of carboxylic acid groups (broad SMARTS) is 1. The molecule has 0 spiro atoms. The lowest BCUT2D eigenvalue weighted by Gasteiger charge is -2.30. The number of carboxylic acids is 1. The van der Waals surface area contributed by atoms with Crippen molar-refractivity contribution >= 4 is 33.0 Å². The minimum atomic E-state index is -3.36. The zero-order valence-corrected chi connectivity index (χ0v) is 17.3. The lowest BCUT2D eigenvalue weighted by molar-refractivity contribution is -0.136. The summed E-state index contributed by atoms with van der Waals surface area (Å²) in [5, 5.41) is 22.7. The molecule has 1 atom stereocenters. The number of nitriles is 1. The van der Waals surface area contributed by atoms with Gasteiger partial charge in [-0.2, -0.15) is 5.26 Å². The van der Waals surface area contributed by atoms with Gasteiger partial charge in [0.25, 0.3) is 0 Å². The number of nitrogens with zero attached hydrogens (tertiary/aromatic N) is 3. The molecule has 29 heavy (non-hydrogen) atoms. The van der Waals surface area contributed by atoms with Crippen molar-refractivity contribution in [3.8, 4) is 6.07 Å². The van der Waals surface area contributed by atoms with E-state index in [1.165, 1.54) is 17.1 Å². The third-order valence-corrected chi connectivity index (χ3v) is 6.12. The lowest BCUT2D eigenvalue weighted by Crippen LogP contribution is -2.37. The Labute approximate surface area is 173 Å². The summed E-state index contributed by atoms with van der Waals surface area (Å²) in [6, 6.07) is 14.5. The SMILES string of the molecule is CN1C(c2ccc(S(C)(=O)=O)cc2)C(c2ccc(Cl)cc2)=C(C(=O)O)N1CC#N. The molecular formula is C20H18ClN3O4S. The van der Waals surface area contributed by atoms with Crippen molar-refractivity contribution in [3.05, 3.63) is 70.4 Å². The van der Waals surface area contributed by atoms with Gasteiger partial charge in [0.05, 0.1) is 17.0 Å². The first-order valence-corrected chi connectivity index (χ1v) is 10.8. The zero-order chi connectivity index (χ0) is 21.3. The minimum absolute atomic E-state index is 0.00596. The van der Waals surface area contributed by atoms with Crippen molar-refractivity contribution in [1.29, 1.82) is 5.26 Å². The third-order valence-electron chi connectivity index (χ3n) is 4.74. The second-order valence-electron chi connectivity index (χ2n) is 6.61. The van der Waals surface area contributed by atoms with Gasteiger partial charge in [0, 0.05) is 23.9 Å². The maximum absolute atomic E-state index is 12.1. The normalized spacial score (nSPS) is 17.4. The van der Waals surface area contributed by atoms with Gasteiger partial charge in [-0.25, -0.2) is 18.2 Å². The Hall–Kier alpha value is -2.86. The van der Waals surface area contributed by atoms with E-state index in [0.717, 1.165) is 6.26 Å². The highest BCUT2D eigenvalue weighted by Crippen LogP contribution is 2.44. The van der Waals surface area contributed by atoms with E-state index in [2.05, 4.69) is 0 Å². The molecule has 2 aromatic rings. The number of hydrazine groups is 1. The molecule has 1 unspecified atom stereocenters. The number of aliphatic carboxylic acids is 1. The maximum atomic E-state index is 12.1. The number of likely N-dealkylation sites (N-methyl/N-ethyl adjacent to an activating group) is 1. The van der Waals surface area contributed by atoms with Crippen LogP contribution in [0.4, 0.5) is 0 Å². The van der Waals surface area contributed by atoms with Crippen LogP contribution in [0.5, 0.6) is 0 Å². The molecular weight excluding hydrogens is 414 g/mol. The van der Waals surface area contributed by atoms with Crippen LogP contribution in [0.2, 0.25) is 5.02 Å². The van der Waals surface area contributed by atoms with Gasteiger partial charge in [-0.05, 0) is 35.4 Å². The summed E-state index contributed by atoms with van der Waals surface area (Å²) in [4.78, 5) is 12.3. The maximum Gasteiger partial charge on any atom is 0.353 e.